The minimum Gasteiger partial charge on any atom is -0.480 e. The van der Waals surface area contributed by atoms with E-state index in [1.165, 1.54) is 24.3 Å². The number of nitrogens with one attached hydrogen (secondary N) is 1. The van der Waals surface area contributed by atoms with Gasteiger partial charge in [0.1, 0.15) is 11.6 Å². The number of nitrogens with zero attached hydrogens (tertiary/aromatic N) is 1. The molecule has 1 aromatic carbocycles. The summed E-state index contributed by atoms with van der Waals surface area (Å²) in [7, 11) is 0. The average molecular weight is 280 g/mol. The number of para-hydroxylation sites is 1. The van der Waals surface area contributed by atoms with Gasteiger partial charge in [-0.2, -0.15) is 0 Å². The molecule has 0 aromatic heterocycles. The summed E-state index contributed by atoms with van der Waals surface area (Å²) in [6.07, 6.45) is 0.252. The molecular formula is C13H16N2O5. The van der Waals surface area contributed by atoms with E-state index in [2.05, 4.69) is 5.32 Å². The lowest BCUT2D eigenvalue weighted by Gasteiger charge is -2.16. The molecule has 1 rings (SSSR count). The summed E-state index contributed by atoms with van der Waals surface area (Å²) in [5.74, 6) is -1.85. The number of aliphatic carboxylic acids is 1. The van der Waals surface area contributed by atoms with Gasteiger partial charge in [-0.05, 0) is 18.4 Å². The average Bonchev–Trinajstić information content (AvgIpc) is 2.37. The predicted octanol–water partition coefficient (Wildman–Crippen LogP) is 1.82. The molecule has 0 saturated heterocycles. The van der Waals surface area contributed by atoms with Crippen LogP contribution in [0.5, 0.6) is 0 Å². The Morgan fingerprint density at radius 1 is 1.35 bits per heavy atom. The molecule has 7 heteroatoms. The summed E-state index contributed by atoms with van der Waals surface area (Å²) in [5, 5.41) is 22.2. The Hall–Kier alpha value is -2.44. The largest absolute Gasteiger partial charge is 0.480 e. The molecule has 0 bridgehead atoms. The lowest BCUT2D eigenvalue weighted by molar-refractivity contribution is -0.385. The van der Waals surface area contributed by atoms with Gasteiger partial charge >= 0.3 is 5.97 Å². The third-order valence-electron chi connectivity index (χ3n) is 2.66. The van der Waals surface area contributed by atoms with E-state index in [1.54, 1.807) is 0 Å². The fraction of sp³-hybridized carbons (Fsp3) is 0.385. The molecule has 0 radical (unpaired) electrons. The molecule has 108 valence electrons. The van der Waals surface area contributed by atoms with E-state index in [0.717, 1.165) is 0 Å². The van der Waals surface area contributed by atoms with Gasteiger partial charge in [-0.1, -0.05) is 26.0 Å². The van der Waals surface area contributed by atoms with Crippen molar-refractivity contribution in [1.82, 2.24) is 5.32 Å². The van der Waals surface area contributed by atoms with E-state index >= 15 is 0 Å². The molecule has 0 spiro atoms. The molecule has 0 saturated carbocycles. The van der Waals surface area contributed by atoms with Gasteiger partial charge in [-0.25, -0.2) is 4.79 Å². The number of amides is 1. The number of carboxylic acids is 1. The van der Waals surface area contributed by atoms with E-state index in [9.17, 15) is 19.7 Å². The molecule has 2 N–H and O–H groups in total. The van der Waals surface area contributed by atoms with Crippen LogP contribution in [0.3, 0.4) is 0 Å². The van der Waals surface area contributed by atoms with Crippen LogP contribution in [0.15, 0.2) is 24.3 Å². The van der Waals surface area contributed by atoms with Gasteiger partial charge in [-0.3, -0.25) is 14.9 Å². The van der Waals surface area contributed by atoms with Gasteiger partial charge in [0.15, 0.2) is 0 Å². The van der Waals surface area contributed by atoms with E-state index in [4.69, 9.17) is 5.11 Å². The second-order valence-corrected chi connectivity index (χ2v) is 4.77. The fourth-order valence-electron chi connectivity index (χ4n) is 1.75. The lowest BCUT2D eigenvalue weighted by Crippen LogP contribution is -2.41. The molecule has 1 atom stereocenters. The Bertz CT molecular complexity index is 527. The number of nitro benzene ring substituents is 1. The molecule has 1 amide bonds. The molecule has 0 fully saturated rings. The Labute approximate surface area is 115 Å². The van der Waals surface area contributed by atoms with Crippen molar-refractivity contribution >= 4 is 17.6 Å². The highest BCUT2D eigenvalue weighted by atomic mass is 16.6. The van der Waals surface area contributed by atoms with Crippen LogP contribution in [0, 0.1) is 16.0 Å². The first-order valence-electron chi connectivity index (χ1n) is 6.10. The monoisotopic (exact) mass is 280 g/mol. The third-order valence-corrected chi connectivity index (χ3v) is 2.66. The standard InChI is InChI=1S/C13H16N2O5/c1-8(2)7-10(13(17)18)14-12(16)9-5-3-4-6-11(9)15(19)20/h3-6,8,10H,7H2,1-2H3,(H,14,16)(H,17,18)/t10-/m0/s1. The van der Waals surface area contributed by atoms with Crippen molar-refractivity contribution in [3.05, 3.63) is 39.9 Å². The molecule has 7 nitrogen and oxygen atoms in total. The molecule has 0 aliphatic carbocycles. The van der Waals surface area contributed by atoms with Crippen LogP contribution in [-0.4, -0.2) is 27.9 Å². The summed E-state index contributed by atoms with van der Waals surface area (Å²) in [6, 6.07) is 4.36. The Morgan fingerprint density at radius 3 is 2.45 bits per heavy atom. The number of hydrogen-bond donors (Lipinski definition) is 2. The number of nitro groups is 1. The number of carboxylic acid groups (broad SMARTS) is 1. The minimum atomic E-state index is -1.16. The Kier molecular flexibility index (Phi) is 5.19. The summed E-state index contributed by atoms with van der Waals surface area (Å²) >= 11 is 0. The van der Waals surface area contributed by atoms with Crippen LogP contribution in [0.25, 0.3) is 0 Å². The topological polar surface area (TPSA) is 110 Å². The third kappa shape index (κ3) is 4.04. The van der Waals surface area contributed by atoms with Gasteiger partial charge in [0.2, 0.25) is 0 Å². The van der Waals surface area contributed by atoms with Crippen molar-refractivity contribution in [2.45, 2.75) is 26.3 Å². The van der Waals surface area contributed by atoms with Gasteiger partial charge in [0.25, 0.3) is 11.6 Å². The second-order valence-electron chi connectivity index (χ2n) is 4.77. The Balaban J connectivity index is 2.95. The normalized spacial score (nSPS) is 11.9. The molecule has 0 aliphatic rings. The zero-order valence-electron chi connectivity index (χ0n) is 11.2. The minimum absolute atomic E-state index is 0.0714. The molecule has 20 heavy (non-hydrogen) atoms. The number of benzene rings is 1. The predicted molar refractivity (Wildman–Crippen MR) is 71.4 cm³/mol. The van der Waals surface area contributed by atoms with Crippen molar-refractivity contribution in [2.75, 3.05) is 0 Å². The Morgan fingerprint density at radius 2 is 1.95 bits per heavy atom. The first kappa shape index (κ1) is 15.6. The van der Waals surface area contributed by atoms with E-state index < -0.39 is 22.8 Å². The van der Waals surface area contributed by atoms with Crippen molar-refractivity contribution in [3.63, 3.8) is 0 Å². The zero-order valence-corrected chi connectivity index (χ0v) is 11.2. The maximum absolute atomic E-state index is 12.0. The zero-order chi connectivity index (χ0) is 15.3. The molecule has 0 heterocycles. The van der Waals surface area contributed by atoms with E-state index in [1.807, 2.05) is 13.8 Å². The number of carbonyl (C=O) groups is 2. The van der Waals surface area contributed by atoms with Crippen LogP contribution < -0.4 is 5.32 Å². The van der Waals surface area contributed by atoms with E-state index in [-0.39, 0.29) is 23.6 Å². The van der Waals surface area contributed by atoms with Crippen LogP contribution in [0.2, 0.25) is 0 Å². The van der Waals surface area contributed by atoms with Gasteiger partial charge in [-0.15, -0.1) is 0 Å². The fourth-order valence-corrected chi connectivity index (χ4v) is 1.75. The highest BCUT2D eigenvalue weighted by Crippen LogP contribution is 2.18. The molecule has 1 aromatic rings. The maximum atomic E-state index is 12.0. The molecule has 0 unspecified atom stereocenters. The lowest BCUT2D eigenvalue weighted by atomic mass is 10.0. The number of hydrogen-bond acceptors (Lipinski definition) is 4. The second kappa shape index (κ2) is 6.65. The quantitative estimate of drug-likeness (QED) is 0.610. The number of carbonyl (C=O) groups excluding carboxylic acids is 1. The highest BCUT2D eigenvalue weighted by molar-refractivity contribution is 5.99. The summed E-state index contributed by atoms with van der Waals surface area (Å²) in [4.78, 5) is 33.2. The maximum Gasteiger partial charge on any atom is 0.326 e. The van der Waals surface area contributed by atoms with E-state index in [0.29, 0.717) is 0 Å². The van der Waals surface area contributed by atoms with Crippen LogP contribution in [0.1, 0.15) is 30.6 Å². The SMILES string of the molecule is CC(C)C[C@H](NC(=O)c1ccccc1[N+](=O)[O-])C(=O)O. The molecule has 0 aliphatic heterocycles. The summed E-state index contributed by atoms with van der Waals surface area (Å²) in [5.41, 5.74) is -0.494. The van der Waals surface area contributed by atoms with Crippen molar-refractivity contribution < 1.29 is 19.6 Å². The number of rotatable bonds is 6. The van der Waals surface area contributed by atoms with Gasteiger partial charge in [0.05, 0.1) is 4.92 Å². The molecular weight excluding hydrogens is 264 g/mol. The van der Waals surface area contributed by atoms with Gasteiger partial charge < -0.3 is 10.4 Å². The van der Waals surface area contributed by atoms with Crippen LogP contribution in [-0.2, 0) is 4.79 Å². The van der Waals surface area contributed by atoms with Crippen molar-refractivity contribution in [2.24, 2.45) is 5.92 Å². The smallest absolute Gasteiger partial charge is 0.326 e. The van der Waals surface area contributed by atoms with Gasteiger partial charge in [0, 0.05) is 6.07 Å². The van der Waals surface area contributed by atoms with Crippen molar-refractivity contribution in [3.8, 4) is 0 Å². The first-order chi connectivity index (χ1) is 9.32. The summed E-state index contributed by atoms with van der Waals surface area (Å²) < 4.78 is 0. The van der Waals surface area contributed by atoms with Crippen LogP contribution in [0.4, 0.5) is 5.69 Å². The summed E-state index contributed by atoms with van der Waals surface area (Å²) in [6.45, 7) is 3.65. The van der Waals surface area contributed by atoms with Crippen molar-refractivity contribution in [1.29, 1.82) is 0 Å². The highest BCUT2D eigenvalue weighted by Gasteiger charge is 2.25. The van der Waals surface area contributed by atoms with Crippen LogP contribution >= 0.6 is 0 Å². The first-order valence-corrected chi connectivity index (χ1v) is 6.10.